The number of carboxylic acids is 1. The molecule has 0 aliphatic heterocycles. The van der Waals surface area contributed by atoms with E-state index < -0.39 is 5.97 Å². The highest BCUT2D eigenvalue weighted by atomic mass is 32.1. The number of carboxylic acid groups (broad SMARTS) is 1. The van der Waals surface area contributed by atoms with Gasteiger partial charge in [0.2, 0.25) is 0 Å². The number of aromatic nitrogens is 1. The van der Waals surface area contributed by atoms with Gasteiger partial charge in [-0.1, -0.05) is 12.1 Å². The number of nitrogens with zero attached hydrogens (tertiary/aromatic N) is 1. The predicted molar refractivity (Wildman–Crippen MR) is 80.9 cm³/mol. The van der Waals surface area contributed by atoms with E-state index in [0.29, 0.717) is 19.8 Å². The summed E-state index contributed by atoms with van der Waals surface area (Å²) in [7, 11) is 1.64. The summed E-state index contributed by atoms with van der Waals surface area (Å²) in [5.74, 6) is -0.932. The van der Waals surface area contributed by atoms with Gasteiger partial charge >= 0.3 is 5.97 Å². The Hall–Kier alpha value is -1.76. The van der Waals surface area contributed by atoms with Crippen molar-refractivity contribution in [3.05, 3.63) is 40.2 Å². The standard InChI is InChI=1S/C15H17NO4S/c1-19-7-8-20-6-5-14-16-13(10-21-14)11-3-2-4-12(9-11)15(17)18/h2-4,9-10H,5-8H2,1H3,(H,17,18). The lowest BCUT2D eigenvalue weighted by Gasteiger charge is -2.01. The van der Waals surface area contributed by atoms with Crippen molar-refractivity contribution in [2.45, 2.75) is 6.42 Å². The molecule has 1 aromatic heterocycles. The van der Waals surface area contributed by atoms with Crippen molar-refractivity contribution < 1.29 is 19.4 Å². The fourth-order valence-electron chi connectivity index (χ4n) is 1.77. The van der Waals surface area contributed by atoms with Crippen LogP contribution in [-0.4, -0.2) is 43.0 Å². The summed E-state index contributed by atoms with van der Waals surface area (Å²) in [5.41, 5.74) is 1.89. The number of ether oxygens (including phenoxy) is 2. The maximum absolute atomic E-state index is 11.0. The summed E-state index contributed by atoms with van der Waals surface area (Å²) in [6.07, 6.45) is 0.743. The number of rotatable bonds is 8. The number of hydrogen-bond acceptors (Lipinski definition) is 5. The zero-order valence-electron chi connectivity index (χ0n) is 11.7. The fourth-order valence-corrected chi connectivity index (χ4v) is 2.56. The van der Waals surface area contributed by atoms with Gasteiger partial charge in [0.05, 0.1) is 36.1 Å². The Morgan fingerprint density at radius 1 is 1.33 bits per heavy atom. The SMILES string of the molecule is COCCOCCc1nc(-c2cccc(C(=O)O)c2)cs1. The average molecular weight is 307 g/mol. The molecule has 0 saturated carbocycles. The predicted octanol–water partition coefficient (Wildman–Crippen LogP) is 2.71. The fraction of sp³-hybridized carbons (Fsp3) is 0.333. The molecule has 0 aliphatic carbocycles. The van der Waals surface area contributed by atoms with E-state index in [0.717, 1.165) is 22.7 Å². The Morgan fingerprint density at radius 3 is 2.95 bits per heavy atom. The van der Waals surface area contributed by atoms with Gasteiger partial charge in [-0.2, -0.15) is 0 Å². The molecule has 0 bridgehead atoms. The van der Waals surface area contributed by atoms with Crippen molar-refractivity contribution in [2.75, 3.05) is 26.9 Å². The second-order valence-electron chi connectivity index (χ2n) is 4.37. The molecule has 0 amide bonds. The minimum Gasteiger partial charge on any atom is -0.478 e. The second-order valence-corrected chi connectivity index (χ2v) is 5.31. The number of aromatic carboxylic acids is 1. The molecule has 0 atom stereocenters. The highest BCUT2D eigenvalue weighted by Crippen LogP contribution is 2.23. The van der Waals surface area contributed by atoms with Gasteiger partial charge in [-0.3, -0.25) is 0 Å². The molecule has 2 rings (SSSR count). The van der Waals surface area contributed by atoms with Gasteiger partial charge in [-0.05, 0) is 12.1 Å². The lowest BCUT2D eigenvalue weighted by Crippen LogP contribution is -2.04. The van der Waals surface area contributed by atoms with E-state index in [9.17, 15) is 4.79 Å². The van der Waals surface area contributed by atoms with Crippen LogP contribution in [0.15, 0.2) is 29.6 Å². The zero-order valence-corrected chi connectivity index (χ0v) is 12.6. The molecule has 2 aromatic rings. The second kappa shape index (κ2) is 7.87. The number of carbonyl (C=O) groups is 1. The highest BCUT2D eigenvalue weighted by molar-refractivity contribution is 7.09. The first-order chi connectivity index (χ1) is 10.2. The summed E-state index contributed by atoms with van der Waals surface area (Å²) in [6, 6.07) is 6.80. The van der Waals surface area contributed by atoms with Crippen LogP contribution in [0.25, 0.3) is 11.3 Å². The van der Waals surface area contributed by atoms with Crippen molar-refractivity contribution in [1.29, 1.82) is 0 Å². The van der Waals surface area contributed by atoms with E-state index in [-0.39, 0.29) is 5.56 Å². The Labute approximate surface area is 127 Å². The van der Waals surface area contributed by atoms with Crippen LogP contribution < -0.4 is 0 Å². The molecule has 0 spiro atoms. The number of benzene rings is 1. The van der Waals surface area contributed by atoms with E-state index in [1.807, 2.05) is 11.4 Å². The molecule has 6 heteroatoms. The first-order valence-corrected chi connectivity index (χ1v) is 7.43. The van der Waals surface area contributed by atoms with Crippen molar-refractivity contribution in [3.63, 3.8) is 0 Å². The molecule has 0 fully saturated rings. The summed E-state index contributed by atoms with van der Waals surface area (Å²) in [4.78, 5) is 15.5. The van der Waals surface area contributed by atoms with E-state index in [2.05, 4.69) is 4.98 Å². The Kier molecular flexibility index (Phi) is 5.86. The molecule has 1 aromatic carbocycles. The van der Waals surface area contributed by atoms with Crippen LogP contribution in [-0.2, 0) is 15.9 Å². The topological polar surface area (TPSA) is 68.7 Å². The smallest absolute Gasteiger partial charge is 0.335 e. The van der Waals surface area contributed by atoms with Gasteiger partial charge in [0.1, 0.15) is 0 Å². The lowest BCUT2D eigenvalue weighted by atomic mass is 10.1. The Morgan fingerprint density at radius 2 is 2.19 bits per heavy atom. The highest BCUT2D eigenvalue weighted by Gasteiger charge is 2.08. The monoisotopic (exact) mass is 307 g/mol. The molecule has 1 heterocycles. The maximum Gasteiger partial charge on any atom is 0.335 e. The quantitative estimate of drug-likeness (QED) is 0.759. The minimum absolute atomic E-state index is 0.268. The zero-order chi connectivity index (χ0) is 15.1. The van der Waals surface area contributed by atoms with Crippen LogP contribution in [0.3, 0.4) is 0 Å². The van der Waals surface area contributed by atoms with Crippen molar-refractivity contribution in [1.82, 2.24) is 4.98 Å². The summed E-state index contributed by atoms with van der Waals surface area (Å²) >= 11 is 1.55. The normalized spacial score (nSPS) is 10.7. The van der Waals surface area contributed by atoms with Crippen LogP contribution >= 0.6 is 11.3 Å². The molecular weight excluding hydrogens is 290 g/mol. The van der Waals surface area contributed by atoms with Crippen LogP contribution in [0, 0.1) is 0 Å². The summed E-state index contributed by atoms with van der Waals surface area (Å²) < 4.78 is 10.3. The first-order valence-electron chi connectivity index (χ1n) is 6.55. The summed E-state index contributed by atoms with van der Waals surface area (Å²) in [5, 5.41) is 11.9. The minimum atomic E-state index is -0.932. The summed E-state index contributed by atoms with van der Waals surface area (Å²) in [6.45, 7) is 1.77. The first kappa shape index (κ1) is 15.6. The molecule has 0 aliphatic rings. The van der Waals surface area contributed by atoms with Gasteiger partial charge in [-0.25, -0.2) is 9.78 Å². The van der Waals surface area contributed by atoms with Crippen molar-refractivity contribution in [2.24, 2.45) is 0 Å². The van der Waals surface area contributed by atoms with Gasteiger partial charge in [0.25, 0.3) is 0 Å². The Bertz CT molecular complexity index is 597. The van der Waals surface area contributed by atoms with Gasteiger partial charge in [-0.15, -0.1) is 11.3 Å². The van der Waals surface area contributed by atoms with E-state index >= 15 is 0 Å². The molecule has 21 heavy (non-hydrogen) atoms. The van der Waals surface area contributed by atoms with Crippen molar-refractivity contribution in [3.8, 4) is 11.3 Å². The van der Waals surface area contributed by atoms with E-state index in [1.54, 1.807) is 36.6 Å². The number of thiazole rings is 1. The third-order valence-electron chi connectivity index (χ3n) is 2.85. The largest absolute Gasteiger partial charge is 0.478 e. The van der Waals surface area contributed by atoms with Crippen LogP contribution in [0.5, 0.6) is 0 Å². The van der Waals surface area contributed by atoms with Gasteiger partial charge in [0.15, 0.2) is 0 Å². The van der Waals surface area contributed by atoms with Crippen LogP contribution in [0.2, 0.25) is 0 Å². The molecule has 112 valence electrons. The van der Waals surface area contributed by atoms with E-state index in [4.69, 9.17) is 14.6 Å². The maximum atomic E-state index is 11.0. The lowest BCUT2D eigenvalue weighted by molar-refractivity contribution is 0.0697. The molecule has 1 N–H and O–H groups in total. The molecule has 0 radical (unpaired) electrons. The molecule has 0 unspecified atom stereocenters. The third kappa shape index (κ3) is 4.63. The van der Waals surface area contributed by atoms with Gasteiger partial charge in [0, 0.05) is 24.5 Å². The molecule has 0 saturated heterocycles. The van der Waals surface area contributed by atoms with Crippen LogP contribution in [0.1, 0.15) is 15.4 Å². The van der Waals surface area contributed by atoms with Gasteiger partial charge < -0.3 is 14.6 Å². The Balaban J connectivity index is 1.96. The van der Waals surface area contributed by atoms with E-state index in [1.165, 1.54) is 0 Å². The molecule has 5 nitrogen and oxygen atoms in total. The van der Waals surface area contributed by atoms with Crippen LogP contribution in [0.4, 0.5) is 0 Å². The third-order valence-corrected chi connectivity index (χ3v) is 3.76. The number of methoxy groups -OCH3 is 1. The van der Waals surface area contributed by atoms with Crippen molar-refractivity contribution >= 4 is 17.3 Å². The number of hydrogen-bond donors (Lipinski definition) is 1. The average Bonchev–Trinajstić information content (AvgIpc) is 2.96. The molecular formula is C15H17NO4S.